The van der Waals surface area contributed by atoms with Crippen LogP contribution >= 0.6 is 0 Å². The molecule has 4 nitrogen and oxygen atoms in total. The number of imidazole rings is 1. The summed E-state index contributed by atoms with van der Waals surface area (Å²) >= 11 is 0. The third-order valence-electron chi connectivity index (χ3n) is 4.02. The van der Waals surface area contributed by atoms with E-state index in [1.807, 2.05) is 42.7 Å². The molecule has 4 heteroatoms. The van der Waals surface area contributed by atoms with Crippen molar-refractivity contribution in [2.24, 2.45) is 0 Å². The van der Waals surface area contributed by atoms with Crippen LogP contribution in [0.2, 0.25) is 0 Å². The highest BCUT2D eigenvalue weighted by Crippen LogP contribution is 2.33. The summed E-state index contributed by atoms with van der Waals surface area (Å²) in [6.07, 6.45) is 4.24. The molecule has 2 aromatic carbocycles. The summed E-state index contributed by atoms with van der Waals surface area (Å²) in [5.41, 5.74) is 3.99. The Kier molecular flexibility index (Phi) is 3.15. The number of aryl methyl sites for hydroxylation is 1. The molecule has 4 rings (SSSR count). The molecule has 0 saturated heterocycles. The number of hydrogen-bond donors (Lipinski definition) is 0. The van der Waals surface area contributed by atoms with Gasteiger partial charge in [0.1, 0.15) is 11.0 Å². The molecule has 2 aromatic heterocycles. The molecule has 2 heterocycles. The number of unbranched alkanes of at least 4 members (excludes halogenated alkanes) is 1. The molecule has 0 aliphatic carbocycles. The molecule has 0 aliphatic heterocycles. The molecular weight excluding hydrogens is 274 g/mol. The standard InChI is InChI=1S/C18H17N3O/c1-2-3-11-21-12-19-17-15(21)10-9-14-16(17)18(22-20-14)13-7-5-4-6-8-13/h4-10,12H,2-3,11H2,1H3. The predicted octanol–water partition coefficient (Wildman–Crippen LogP) is 4.64. The van der Waals surface area contributed by atoms with Crippen LogP contribution in [0.4, 0.5) is 0 Å². The number of fused-ring (bicyclic) bond motifs is 3. The van der Waals surface area contributed by atoms with E-state index in [1.54, 1.807) is 0 Å². The summed E-state index contributed by atoms with van der Waals surface area (Å²) in [6, 6.07) is 14.2. The Morgan fingerprint density at radius 2 is 1.95 bits per heavy atom. The van der Waals surface area contributed by atoms with E-state index in [4.69, 9.17) is 4.52 Å². The van der Waals surface area contributed by atoms with E-state index in [2.05, 4.69) is 27.7 Å². The quantitative estimate of drug-likeness (QED) is 0.550. The van der Waals surface area contributed by atoms with Gasteiger partial charge in [-0.25, -0.2) is 4.98 Å². The van der Waals surface area contributed by atoms with Crippen LogP contribution in [0.1, 0.15) is 19.8 Å². The fourth-order valence-corrected chi connectivity index (χ4v) is 2.86. The molecule has 0 spiro atoms. The molecule has 0 unspecified atom stereocenters. The summed E-state index contributed by atoms with van der Waals surface area (Å²) in [6.45, 7) is 3.19. The molecule has 0 fully saturated rings. The number of hydrogen-bond acceptors (Lipinski definition) is 3. The highest BCUT2D eigenvalue weighted by molar-refractivity contribution is 6.09. The van der Waals surface area contributed by atoms with E-state index in [1.165, 1.54) is 6.42 Å². The fourth-order valence-electron chi connectivity index (χ4n) is 2.86. The summed E-state index contributed by atoms with van der Waals surface area (Å²) in [4.78, 5) is 4.62. The maximum absolute atomic E-state index is 5.60. The number of nitrogens with zero attached hydrogens (tertiary/aromatic N) is 3. The largest absolute Gasteiger partial charge is 0.355 e. The van der Waals surface area contributed by atoms with Crippen molar-refractivity contribution in [2.45, 2.75) is 26.3 Å². The molecule has 0 radical (unpaired) electrons. The van der Waals surface area contributed by atoms with Gasteiger partial charge in [-0.1, -0.05) is 48.8 Å². The van der Waals surface area contributed by atoms with Crippen molar-refractivity contribution in [3.8, 4) is 11.3 Å². The van der Waals surface area contributed by atoms with Gasteiger partial charge in [-0.3, -0.25) is 0 Å². The van der Waals surface area contributed by atoms with Crippen LogP contribution < -0.4 is 0 Å². The number of rotatable bonds is 4. The Morgan fingerprint density at radius 1 is 1.09 bits per heavy atom. The number of benzene rings is 2. The molecule has 0 aliphatic rings. The van der Waals surface area contributed by atoms with E-state index in [9.17, 15) is 0 Å². The van der Waals surface area contributed by atoms with Crippen LogP contribution in [-0.4, -0.2) is 14.7 Å². The minimum atomic E-state index is 0.793. The fraction of sp³-hybridized carbons (Fsp3) is 0.222. The van der Waals surface area contributed by atoms with Crippen LogP contribution in [-0.2, 0) is 6.54 Å². The highest BCUT2D eigenvalue weighted by Gasteiger charge is 2.16. The summed E-state index contributed by atoms with van der Waals surface area (Å²) in [5, 5.41) is 5.19. The average molecular weight is 291 g/mol. The zero-order chi connectivity index (χ0) is 14.9. The lowest BCUT2D eigenvalue weighted by Gasteiger charge is -2.02. The Morgan fingerprint density at radius 3 is 2.77 bits per heavy atom. The van der Waals surface area contributed by atoms with E-state index in [0.717, 1.165) is 46.2 Å². The molecule has 0 atom stereocenters. The first-order valence-corrected chi connectivity index (χ1v) is 7.67. The van der Waals surface area contributed by atoms with Crippen molar-refractivity contribution in [1.29, 1.82) is 0 Å². The maximum Gasteiger partial charge on any atom is 0.176 e. The Bertz CT molecular complexity index is 921. The summed E-state index contributed by atoms with van der Waals surface area (Å²) in [5.74, 6) is 0.793. The van der Waals surface area contributed by atoms with E-state index < -0.39 is 0 Å². The molecule has 22 heavy (non-hydrogen) atoms. The smallest absolute Gasteiger partial charge is 0.176 e. The van der Waals surface area contributed by atoms with Gasteiger partial charge < -0.3 is 9.09 Å². The Balaban J connectivity index is 1.95. The van der Waals surface area contributed by atoms with Crippen LogP contribution in [0.25, 0.3) is 33.3 Å². The van der Waals surface area contributed by atoms with Gasteiger partial charge in [-0.15, -0.1) is 0 Å². The van der Waals surface area contributed by atoms with Gasteiger partial charge in [0.05, 0.1) is 17.2 Å². The van der Waals surface area contributed by atoms with Crippen molar-refractivity contribution in [3.63, 3.8) is 0 Å². The second kappa shape index (κ2) is 5.30. The van der Waals surface area contributed by atoms with Crippen molar-refractivity contribution >= 4 is 21.9 Å². The van der Waals surface area contributed by atoms with Crippen molar-refractivity contribution in [3.05, 3.63) is 48.8 Å². The van der Waals surface area contributed by atoms with Crippen LogP contribution in [0, 0.1) is 0 Å². The van der Waals surface area contributed by atoms with Gasteiger partial charge in [0.15, 0.2) is 5.76 Å². The average Bonchev–Trinajstić information content (AvgIpc) is 3.17. The van der Waals surface area contributed by atoms with Crippen LogP contribution in [0.3, 0.4) is 0 Å². The van der Waals surface area contributed by atoms with Crippen LogP contribution in [0.15, 0.2) is 53.3 Å². The zero-order valence-corrected chi connectivity index (χ0v) is 12.5. The minimum Gasteiger partial charge on any atom is -0.355 e. The van der Waals surface area contributed by atoms with Gasteiger partial charge in [0.2, 0.25) is 0 Å². The molecule has 0 amide bonds. The summed E-state index contributed by atoms with van der Waals surface area (Å²) in [7, 11) is 0. The molecular formula is C18H17N3O. The van der Waals surface area contributed by atoms with Gasteiger partial charge in [-0.2, -0.15) is 0 Å². The third-order valence-corrected chi connectivity index (χ3v) is 4.02. The van der Waals surface area contributed by atoms with E-state index in [-0.39, 0.29) is 0 Å². The maximum atomic E-state index is 5.60. The highest BCUT2D eigenvalue weighted by atomic mass is 16.5. The zero-order valence-electron chi connectivity index (χ0n) is 12.5. The van der Waals surface area contributed by atoms with Crippen molar-refractivity contribution in [1.82, 2.24) is 14.7 Å². The molecule has 0 saturated carbocycles. The first kappa shape index (κ1) is 13.1. The monoisotopic (exact) mass is 291 g/mol. The van der Waals surface area contributed by atoms with Crippen molar-refractivity contribution in [2.75, 3.05) is 0 Å². The molecule has 0 N–H and O–H groups in total. The van der Waals surface area contributed by atoms with E-state index >= 15 is 0 Å². The molecule has 4 aromatic rings. The van der Waals surface area contributed by atoms with Gasteiger partial charge >= 0.3 is 0 Å². The second-order valence-corrected chi connectivity index (χ2v) is 5.50. The first-order valence-electron chi connectivity index (χ1n) is 7.67. The first-order chi connectivity index (χ1) is 10.9. The Hall–Kier alpha value is -2.62. The normalized spacial score (nSPS) is 11.5. The van der Waals surface area contributed by atoms with Gasteiger partial charge in [0.25, 0.3) is 0 Å². The predicted molar refractivity (Wildman–Crippen MR) is 87.6 cm³/mol. The number of aromatic nitrogens is 3. The SMILES string of the molecule is CCCCn1cnc2c3c(-c4ccccc4)onc3ccc21. The van der Waals surface area contributed by atoms with Crippen molar-refractivity contribution < 1.29 is 4.52 Å². The second-order valence-electron chi connectivity index (χ2n) is 5.50. The molecule has 0 bridgehead atoms. The third kappa shape index (κ3) is 1.99. The lowest BCUT2D eigenvalue weighted by molar-refractivity contribution is 0.441. The Labute approximate surface area is 128 Å². The topological polar surface area (TPSA) is 43.9 Å². The van der Waals surface area contributed by atoms with Crippen LogP contribution in [0.5, 0.6) is 0 Å². The molecule has 110 valence electrons. The van der Waals surface area contributed by atoms with E-state index in [0.29, 0.717) is 0 Å². The van der Waals surface area contributed by atoms with Gasteiger partial charge in [-0.05, 0) is 18.6 Å². The van der Waals surface area contributed by atoms with Gasteiger partial charge in [0, 0.05) is 12.1 Å². The lowest BCUT2D eigenvalue weighted by Crippen LogP contribution is -1.94. The minimum absolute atomic E-state index is 0.793. The lowest BCUT2D eigenvalue weighted by atomic mass is 10.1. The summed E-state index contributed by atoms with van der Waals surface area (Å²) < 4.78 is 7.81.